The molecule has 0 aliphatic carbocycles. The monoisotopic (exact) mass is 106 g/mol. The van der Waals surface area contributed by atoms with Gasteiger partial charge in [0.15, 0.2) is 0 Å². The molecule has 0 saturated carbocycles. The van der Waals surface area contributed by atoms with Gasteiger partial charge in [0, 0.05) is 6.20 Å². The predicted octanol–water partition coefficient (Wildman–Crippen LogP) is 0.953. The number of aromatic nitrogens is 1. The van der Waals surface area contributed by atoms with Gasteiger partial charge < -0.3 is 0 Å². The summed E-state index contributed by atoms with van der Waals surface area (Å²) < 4.78 is 6.99. The maximum Gasteiger partial charge on any atom is 0.140 e. The van der Waals surface area contributed by atoms with Crippen LogP contribution in [0.4, 0.5) is 0 Å². The maximum atomic E-state index is 8.25. The van der Waals surface area contributed by atoms with E-state index in [0.717, 1.165) is 0 Å². The fraction of sp³-hybridized carbons (Fsp3) is 0. The normalized spacial score (nSPS) is 9.62. The summed E-state index contributed by atoms with van der Waals surface area (Å²) in [7, 11) is 0. The molecule has 2 heteroatoms. The van der Waals surface area contributed by atoms with E-state index in [1.165, 1.54) is 18.3 Å². The van der Waals surface area contributed by atoms with E-state index >= 15 is 0 Å². The minimum atomic E-state index is 0.328. The lowest BCUT2D eigenvalue weighted by atomic mass is 10.4. The second-order valence-corrected chi connectivity index (χ2v) is 1.26. The molecule has 0 radical (unpaired) electrons. The molecule has 0 bridgehead atoms. The molecular weight excluding hydrogens is 100 g/mol. The predicted molar refractivity (Wildman–Crippen MR) is 29.0 cm³/mol. The number of hydrogen-bond donors (Lipinski definition) is 0. The molecule has 38 valence electrons. The van der Waals surface area contributed by atoms with Crippen LogP contribution in [0.2, 0.25) is 0 Å². The van der Waals surface area contributed by atoms with Gasteiger partial charge in [-0.1, -0.05) is 6.07 Å². The highest BCUT2D eigenvalue weighted by atomic mass is 14.7. The zero-order chi connectivity index (χ0) is 6.69. The Morgan fingerprint density at radius 2 is 2.75 bits per heavy atom. The Morgan fingerprint density at radius 1 is 1.88 bits per heavy atom. The van der Waals surface area contributed by atoms with Gasteiger partial charge >= 0.3 is 0 Å². The van der Waals surface area contributed by atoms with E-state index in [4.69, 9.17) is 6.63 Å². The molecule has 0 spiro atoms. The van der Waals surface area contributed by atoms with Crippen molar-refractivity contribution in [1.29, 1.82) is 5.26 Å². The fourth-order valence-corrected chi connectivity index (χ4v) is 0.386. The molecule has 1 aromatic heterocycles. The molecular formula is C6H4N2. The molecule has 0 aliphatic heterocycles. The molecule has 2 nitrogen and oxygen atoms in total. The minimum absolute atomic E-state index is 0.328. The Bertz CT molecular complexity index is 234. The van der Waals surface area contributed by atoms with E-state index in [1.54, 1.807) is 0 Å². The smallest absolute Gasteiger partial charge is 0.140 e. The summed E-state index contributed by atoms with van der Waals surface area (Å²) in [6, 6.07) is 5.24. The van der Waals surface area contributed by atoms with Crippen molar-refractivity contribution in [3.8, 4) is 6.07 Å². The largest absolute Gasteiger partial charge is 0.246 e. The van der Waals surface area contributed by atoms with Crippen LogP contribution in [0.5, 0.6) is 0 Å². The molecule has 1 aromatic rings. The molecule has 0 amide bonds. The van der Waals surface area contributed by atoms with E-state index < -0.39 is 0 Å². The Kier molecular flexibility index (Phi) is 0.941. The average molecular weight is 106 g/mol. The number of pyridine rings is 1. The average Bonchev–Trinajstić information content (AvgIpc) is 1.90. The first-order chi connectivity index (χ1) is 4.33. The molecule has 1 heterocycles. The number of rotatable bonds is 0. The van der Waals surface area contributed by atoms with Crippen molar-refractivity contribution in [2.24, 2.45) is 0 Å². The Balaban J connectivity index is 3.06. The quantitative estimate of drug-likeness (QED) is 0.493. The maximum absolute atomic E-state index is 8.25. The summed E-state index contributed by atoms with van der Waals surface area (Å²) in [4.78, 5) is 3.65. The van der Waals surface area contributed by atoms with E-state index in [0.29, 0.717) is 11.7 Å². The van der Waals surface area contributed by atoms with Crippen LogP contribution < -0.4 is 0 Å². The van der Waals surface area contributed by atoms with Crippen LogP contribution in [0.15, 0.2) is 24.4 Å². The van der Waals surface area contributed by atoms with Crippen molar-refractivity contribution in [1.82, 2.24) is 4.98 Å². The van der Waals surface area contributed by atoms with Gasteiger partial charge in [0.2, 0.25) is 0 Å². The third kappa shape index (κ3) is 0.824. The standard InChI is InChI=1S/C6H4N2/c7-5-6-3-1-2-4-8-6/h1-4H/i2T. The van der Waals surface area contributed by atoms with Crippen LogP contribution in [-0.4, -0.2) is 4.98 Å². The van der Waals surface area contributed by atoms with E-state index in [9.17, 15) is 0 Å². The third-order valence-corrected chi connectivity index (χ3v) is 0.730. The second-order valence-electron chi connectivity index (χ2n) is 1.26. The van der Waals surface area contributed by atoms with Crippen LogP contribution in [0, 0.1) is 11.3 Å². The summed E-state index contributed by atoms with van der Waals surface area (Å²) in [5, 5.41) is 8.25. The van der Waals surface area contributed by atoms with Gasteiger partial charge in [-0.2, -0.15) is 5.26 Å². The van der Waals surface area contributed by atoms with Gasteiger partial charge in [-0.3, -0.25) is 0 Å². The molecule has 0 aliphatic rings. The van der Waals surface area contributed by atoms with Gasteiger partial charge in [0.05, 0.1) is 1.37 Å². The van der Waals surface area contributed by atoms with Crippen LogP contribution in [0.1, 0.15) is 7.06 Å². The lowest BCUT2D eigenvalue weighted by Gasteiger charge is -1.79. The van der Waals surface area contributed by atoms with Crippen LogP contribution in [0.3, 0.4) is 0 Å². The van der Waals surface area contributed by atoms with E-state index in [-0.39, 0.29) is 0 Å². The summed E-state index contributed by atoms with van der Waals surface area (Å²) in [6.07, 6.45) is 1.35. The molecule has 0 N–H and O–H groups in total. The zero-order valence-corrected chi connectivity index (χ0v) is 4.13. The highest BCUT2D eigenvalue weighted by molar-refractivity contribution is 5.18. The highest BCUT2D eigenvalue weighted by Crippen LogP contribution is 1.86. The first kappa shape index (κ1) is 3.62. The third-order valence-electron chi connectivity index (χ3n) is 0.730. The van der Waals surface area contributed by atoms with Crippen LogP contribution in [0.25, 0.3) is 0 Å². The van der Waals surface area contributed by atoms with Gasteiger partial charge in [-0.25, -0.2) is 4.98 Å². The number of hydrogen-bond acceptors (Lipinski definition) is 2. The second kappa shape index (κ2) is 2.08. The molecule has 0 unspecified atom stereocenters. The summed E-state index contributed by atoms with van der Waals surface area (Å²) in [5.74, 6) is 0. The van der Waals surface area contributed by atoms with Crippen LogP contribution in [-0.2, 0) is 0 Å². The van der Waals surface area contributed by atoms with Crippen LogP contribution >= 0.6 is 0 Å². The molecule has 0 fully saturated rings. The first-order valence-corrected chi connectivity index (χ1v) is 2.15. The molecule has 0 atom stereocenters. The number of nitriles is 1. The fourth-order valence-electron chi connectivity index (χ4n) is 0.386. The first-order valence-electron chi connectivity index (χ1n) is 2.65. The van der Waals surface area contributed by atoms with Gasteiger partial charge in [-0.15, -0.1) is 0 Å². The summed E-state index contributed by atoms with van der Waals surface area (Å²) in [6.45, 7) is 0. The summed E-state index contributed by atoms with van der Waals surface area (Å²) in [5.41, 5.74) is 0.353. The highest BCUT2D eigenvalue weighted by Gasteiger charge is 1.81. The Hall–Kier alpha value is -1.36. The molecule has 0 aromatic carbocycles. The molecule has 8 heavy (non-hydrogen) atoms. The zero-order valence-electron chi connectivity index (χ0n) is 5.13. The van der Waals surface area contributed by atoms with Crippen molar-refractivity contribution in [3.63, 3.8) is 0 Å². The van der Waals surface area contributed by atoms with Gasteiger partial charge in [-0.05, 0) is 12.1 Å². The topological polar surface area (TPSA) is 36.7 Å². The van der Waals surface area contributed by atoms with Crippen molar-refractivity contribution in [3.05, 3.63) is 30.1 Å². The summed E-state index contributed by atoms with van der Waals surface area (Å²) >= 11 is 0. The van der Waals surface area contributed by atoms with E-state index in [2.05, 4.69) is 4.98 Å². The Morgan fingerprint density at radius 3 is 3.25 bits per heavy atom. The van der Waals surface area contributed by atoms with Crippen molar-refractivity contribution in [2.45, 2.75) is 0 Å². The number of nitrogens with zero attached hydrogens (tertiary/aromatic N) is 2. The Labute approximate surface area is 48.8 Å². The van der Waals surface area contributed by atoms with Gasteiger partial charge in [0.25, 0.3) is 0 Å². The lowest BCUT2D eigenvalue weighted by Crippen LogP contribution is -1.75. The SMILES string of the molecule is [3H]c1ccc(C#N)nc1. The van der Waals surface area contributed by atoms with Crippen molar-refractivity contribution < 1.29 is 1.37 Å². The minimum Gasteiger partial charge on any atom is -0.246 e. The lowest BCUT2D eigenvalue weighted by molar-refractivity contribution is 1.26. The molecule has 1 rings (SSSR count). The van der Waals surface area contributed by atoms with Gasteiger partial charge in [0.1, 0.15) is 11.8 Å². The van der Waals surface area contributed by atoms with Crippen molar-refractivity contribution in [2.75, 3.05) is 0 Å². The molecule has 0 saturated heterocycles. The van der Waals surface area contributed by atoms with Crippen molar-refractivity contribution >= 4 is 0 Å². The van der Waals surface area contributed by atoms with E-state index in [1.807, 2.05) is 6.07 Å².